The smallest absolute Gasteiger partial charge is 0.256 e. The molecule has 0 aliphatic carbocycles. The molecular formula is C20H22BrN3O2S. The van der Waals surface area contributed by atoms with Crippen LogP contribution in [0, 0.1) is 0 Å². The van der Waals surface area contributed by atoms with Gasteiger partial charge in [-0.3, -0.25) is 14.5 Å². The Morgan fingerprint density at radius 3 is 2.48 bits per heavy atom. The normalized spacial score (nSPS) is 18.3. The molecule has 0 unspecified atom stereocenters. The van der Waals surface area contributed by atoms with Crippen LogP contribution >= 0.6 is 27.3 Å². The Labute approximate surface area is 171 Å². The van der Waals surface area contributed by atoms with Crippen molar-refractivity contribution in [3.05, 3.63) is 50.6 Å². The first kappa shape index (κ1) is 18.7. The third kappa shape index (κ3) is 4.10. The Balaban J connectivity index is 1.42. The number of carbonyl (C=O) groups is 2. The van der Waals surface area contributed by atoms with Gasteiger partial charge in [-0.25, -0.2) is 0 Å². The minimum Gasteiger partial charge on any atom is -0.336 e. The van der Waals surface area contributed by atoms with Gasteiger partial charge in [-0.15, -0.1) is 11.3 Å². The fraction of sp³-hybridized carbons (Fsp3) is 0.400. The van der Waals surface area contributed by atoms with Crippen molar-refractivity contribution in [1.29, 1.82) is 0 Å². The van der Waals surface area contributed by atoms with Gasteiger partial charge in [0, 0.05) is 50.6 Å². The summed E-state index contributed by atoms with van der Waals surface area (Å²) >= 11 is 5.27. The van der Waals surface area contributed by atoms with E-state index >= 15 is 0 Å². The van der Waals surface area contributed by atoms with Crippen LogP contribution in [0.3, 0.4) is 0 Å². The average molecular weight is 448 g/mol. The van der Waals surface area contributed by atoms with Gasteiger partial charge in [0.15, 0.2) is 0 Å². The van der Waals surface area contributed by atoms with Crippen molar-refractivity contribution < 1.29 is 9.59 Å². The Kier molecular flexibility index (Phi) is 5.61. The zero-order chi connectivity index (χ0) is 18.8. The number of para-hydroxylation sites is 1. The largest absolute Gasteiger partial charge is 0.336 e. The Bertz CT molecular complexity index is 845. The fourth-order valence-corrected chi connectivity index (χ4v) is 5.25. The standard InChI is InChI=1S/C20H22BrN3O2S/c21-18-8-7-15(27-18)14-22-10-12-23(13-11-22)20(26)16-4-1-2-5-17(16)24-9-3-6-19(24)25/h1-2,4-5,7-8H,3,6,9-14H2. The lowest BCUT2D eigenvalue weighted by atomic mass is 10.1. The molecule has 2 fully saturated rings. The molecule has 2 saturated heterocycles. The second-order valence-corrected chi connectivity index (χ2v) is 9.49. The van der Waals surface area contributed by atoms with E-state index in [0.29, 0.717) is 31.6 Å². The van der Waals surface area contributed by atoms with Crippen molar-refractivity contribution in [3.8, 4) is 0 Å². The molecule has 5 nitrogen and oxygen atoms in total. The topological polar surface area (TPSA) is 43.9 Å². The lowest BCUT2D eigenvalue weighted by Crippen LogP contribution is -2.48. The maximum atomic E-state index is 13.1. The molecule has 2 amide bonds. The van der Waals surface area contributed by atoms with E-state index in [9.17, 15) is 9.59 Å². The van der Waals surface area contributed by atoms with Crippen LogP contribution in [0.1, 0.15) is 28.1 Å². The van der Waals surface area contributed by atoms with E-state index in [2.05, 4.69) is 33.0 Å². The Morgan fingerprint density at radius 1 is 1.04 bits per heavy atom. The third-order valence-corrected chi connectivity index (χ3v) is 6.77. The SMILES string of the molecule is O=C(c1ccccc1N1CCCC1=O)N1CCN(Cc2ccc(Br)s2)CC1. The lowest BCUT2D eigenvalue weighted by Gasteiger charge is -2.35. The zero-order valence-electron chi connectivity index (χ0n) is 15.1. The summed E-state index contributed by atoms with van der Waals surface area (Å²) in [5.41, 5.74) is 1.40. The highest BCUT2D eigenvalue weighted by Gasteiger charge is 2.28. The van der Waals surface area contributed by atoms with Gasteiger partial charge in [0.05, 0.1) is 15.0 Å². The number of carbonyl (C=O) groups excluding carboxylic acids is 2. The number of hydrogen-bond acceptors (Lipinski definition) is 4. The van der Waals surface area contributed by atoms with Crippen molar-refractivity contribution in [1.82, 2.24) is 9.80 Å². The van der Waals surface area contributed by atoms with Crippen LogP contribution in [0.4, 0.5) is 5.69 Å². The molecule has 1 aromatic carbocycles. The van der Waals surface area contributed by atoms with Crippen LogP contribution in [0.25, 0.3) is 0 Å². The molecule has 2 aliphatic heterocycles. The molecule has 2 aromatic rings. The number of rotatable bonds is 4. The summed E-state index contributed by atoms with van der Waals surface area (Å²) in [4.78, 5) is 32.7. The van der Waals surface area contributed by atoms with Crippen molar-refractivity contribution >= 4 is 44.8 Å². The minimum absolute atomic E-state index is 0.0313. The minimum atomic E-state index is 0.0313. The predicted octanol–water partition coefficient (Wildman–Crippen LogP) is 3.60. The van der Waals surface area contributed by atoms with Gasteiger partial charge in [0.25, 0.3) is 5.91 Å². The molecule has 0 radical (unpaired) electrons. The Hall–Kier alpha value is -1.70. The molecule has 7 heteroatoms. The van der Waals surface area contributed by atoms with Gasteiger partial charge in [-0.05, 0) is 46.6 Å². The number of anilines is 1. The van der Waals surface area contributed by atoms with Crippen LogP contribution in [0.15, 0.2) is 40.2 Å². The van der Waals surface area contributed by atoms with E-state index in [0.717, 1.165) is 35.5 Å². The van der Waals surface area contributed by atoms with E-state index in [-0.39, 0.29) is 11.8 Å². The van der Waals surface area contributed by atoms with E-state index in [1.54, 1.807) is 16.2 Å². The summed E-state index contributed by atoms with van der Waals surface area (Å²) in [6, 6.07) is 11.7. The van der Waals surface area contributed by atoms with Crippen molar-refractivity contribution in [2.75, 3.05) is 37.6 Å². The lowest BCUT2D eigenvalue weighted by molar-refractivity contribution is -0.117. The van der Waals surface area contributed by atoms with Gasteiger partial charge >= 0.3 is 0 Å². The van der Waals surface area contributed by atoms with Crippen LogP contribution in [0.2, 0.25) is 0 Å². The summed E-state index contributed by atoms with van der Waals surface area (Å²) in [5, 5.41) is 0. The first-order chi connectivity index (χ1) is 13.1. The van der Waals surface area contributed by atoms with Crippen LogP contribution < -0.4 is 4.90 Å². The fourth-order valence-electron chi connectivity index (χ4n) is 3.73. The van der Waals surface area contributed by atoms with E-state index < -0.39 is 0 Å². The number of hydrogen-bond donors (Lipinski definition) is 0. The molecule has 0 N–H and O–H groups in total. The zero-order valence-corrected chi connectivity index (χ0v) is 17.5. The molecule has 3 heterocycles. The van der Waals surface area contributed by atoms with E-state index in [1.165, 1.54) is 4.88 Å². The molecule has 0 spiro atoms. The molecule has 1 aromatic heterocycles. The highest BCUT2D eigenvalue weighted by Crippen LogP contribution is 2.27. The second kappa shape index (κ2) is 8.12. The maximum absolute atomic E-state index is 13.1. The second-order valence-electron chi connectivity index (χ2n) is 6.94. The van der Waals surface area contributed by atoms with Gasteiger partial charge in [-0.2, -0.15) is 0 Å². The number of halogens is 1. The monoisotopic (exact) mass is 447 g/mol. The number of benzene rings is 1. The van der Waals surface area contributed by atoms with Crippen LogP contribution in [0.5, 0.6) is 0 Å². The summed E-state index contributed by atoms with van der Waals surface area (Å²) in [5.74, 6) is 0.144. The summed E-state index contributed by atoms with van der Waals surface area (Å²) in [6.07, 6.45) is 1.43. The number of amides is 2. The first-order valence-electron chi connectivity index (χ1n) is 9.27. The van der Waals surface area contributed by atoms with Crippen LogP contribution in [-0.4, -0.2) is 54.3 Å². The molecule has 0 atom stereocenters. The molecule has 27 heavy (non-hydrogen) atoms. The molecule has 142 valence electrons. The molecular weight excluding hydrogens is 426 g/mol. The number of thiophene rings is 1. The van der Waals surface area contributed by atoms with Crippen LogP contribution in [-0.2, 0) is 11.3 Å². The number of piperazine rings is 1. The molecule has 0 bridgehead atoms. The first-order valence-corrected chi connectivity index (χ1v) is 10.9. The average Bonchev–Trinajstić information content (AvgIpc) is 3.30. The molecule has 4 rings (SSSR count). The molecule has 2 aliphatic rings. The number of nitrogens with zero attached hydrogens (tertiary/aromatic N) is 3. The van der Waals surface area contributed by atoms with Crippen molar-refractivity contribution in [2.45, 2.75) is 19.4 Å². The highest BCUT2D eigenvalue weighted by molar-refractivity contribution is 9.11. The van der Waals surface area contributed by atoms with Gasteiger partial charge in [0.2, 0.25) is 5.91 Å². The highest BCUT2D eigenvalue weighted by atomic mass is 79.9. The van der Waals surface area contributed by atoms with Crippen molar-refractivity contribution in [2.24, 2.45) is 0 Å². The quantitative estimate of drug-likeness (QED) is 0.718. The third-order valence-electron chi connectivity index (χ3n) is 5.17. The predicted molar refractivity (Wildman–Crippen MR) is 111 cm³/mol. The maximum Gasteiger partial charge on any atom is 0.256 e. The van der Waals surface area contributed by atoms with Gasteiger partial charge < -0.3 is 9.80 Å². The summed E-state index contributed by atoms with van der Waals surface area (Å²) in [6.45, 7) is 4.80. The van der Waals surface area contributed by atoms with Gasteiger partial charge in [-0.1, -0.05) is 12.1 Å². The van der Waals surface area contributed by atoms with Gasteiger partial charge in [0.1, 0.15) is 0 Å². The molecule has 0 saturated carbocycles. The van der Waals surface area contributed by atoms with Crippen molar-refractivity contribution in [3.63, 3.8) is 0 Å². The summed E-state index contributed by atoms with van der Waals surface area (Å²) in [7, 11) is 0. The summed E-state index contributed by atoms with van der Waals surface area (Å²) < 4.78 is 1.15. The van der Waals surface area contributed by atoms with E-state index in [4.69, 9.17) is 0 Å². The van der Waals surface area contributed by atoms with E-state index in [1.807, 2.05) is 29.2 Å². The Morgan fingerprint density at radius 2 is 1.81 bits per heavy atom.